The minimum atomic E-state index is -5.14. The summed E-state index contributed by atoms with van der Waals surface area (Å²) in [5.74, 6) is -5.34. The van der Waals surface area contributed by atoms with Crippen molar-refractivity contribution in [3.05, 3.63) is 35.4 Å². The highest BCUT2D eigenvalue weighted by Crippen LogP contribution is 2.36. The zero-order chi connectivity index (χ0) is 25.1. The van der Waals surface area contributed by atoms with Crippen LogP contribution in [0, 0.1) is 28.9 Å². The Morgan fingerprint density at radius 3 is 2.41 bits per heavy atom. The molecule has 2 aliphatic rings. The molecule has 0 bridgehead atoms. The number of ether oxygens (including phenoxy) is 1. The van der Waals surface area contributed by atoms with Gasteiger partial charge in [-0.1, -0.05) is 6.07 Å². The predicted molar refractivity (Wildman–Crippen MR) is 110 cm³/mol. The average Bonchev–Trinajstić information content (AvgIpc) is 3.51. The summed E-state index contributed by atoms with van der Waals surface area (Å²) in [4.78, 5) is 12.8. The lowest BCUT2D eigenvalue weighted by molar-refractivity contribution is -0.161. The third-order valence-electron chi connectivity index (χ3n) is 5.86. The second-order valence-corrected chi connectivity index (χ2v) is 10.8. The molecule has 1 aliphatic carbocycles. The van der Waals surface area contributed by atoms with Crippen LogP contribution in [0.1, 0.15) is 37.3 Å². The van der Waals surface area contributed by atoms with Gasteiger partial charge in [0.05, 0.1) is 17.6 Å². The number of sulfone groups is 1. The van der Waals surface area contributed by atoms with Gasteiger partial charge < -0.3 is 10.1 Å². The number of amides is 1. The fourth-order valence-electron chi connectivity index (χ4n) is 3.80. The van der Waals surface area contributed by atoms with Crippen LogP contribution in [0.5, 0.6) is 0 Å². The van der Waals surface area contributed by atoms with Gasteiger partial charge in [-0.05, 0) is 37.7 Å². The summed E-state index contributed by atoms with van der Waals surface area (Å²) < 4.78 is 99.9. The van der Waals surface area contributed by atoms with Gasteiger partial charge in [-0.3, -0.25) is 10.1 Å². The average molecular weight is 509 g/mol. The van der Waals surface area contributed by atoms with E-state index in [9.17, 15) is 40.4 Å². The molecule has 2 atom stereocenters. The van der Waals surface area contributed by atoms with E-state index in [4.69, 9.17) is 4.74 Å². The quantitative estimate of drug-likeness (QED) is 0.496. The second-order valence-electron chi connectivity index (χ2n) is 8.68. The molecule has 1 amide bonds. The minimum absolute atomic E-state index is 0.265. The van der Waals surface area contributed by atoms with Crippen molar-refractivity contribution in [1.29, 1.82) is 5.26 Å². The lowest BCUT2D eigenvalue weighted by atomic mass is 10.0. The molecule has 2 fully saturated rings. The molecule has 1 saturated heterocycles. The number of hydrogen-bond donors (Lipinski definition) is 2. The number of benzene rings is 1. The smallest absolute Gasteiger partial charge is 0.381 e. The van der Waals surface area contributed by atoms with E-state index in [2.05, 4.69) is 5.32 Å². The molecule has 0 spiro atoms. The van der Waals surface area contributed by atoms with Crippen molar-refractivity contribution in [1.82, 2.24) is 10.6 Å². The number of carbonyl (C=O) groups is 1. The van der Waals surface area contributed by atoms with E-state index in [1.807, 2.05) is 11.4 Å². The first kappa shape index (κ1) is 26.3. The number of nitrogens with one attached hydrogen (secondary N) is 2. The standard InChI is InChI=1S/C21H24F5N3O4S/c22-14-1-2-15(16(23)9-14)18(21(24,25)26)28-17(19(30)29-20(12-27)5-6-20)11-34(31,32)10-13-3-7-33-8-4-13/h1-2,9,13,17-18,28H,3-8,10-11H2,(H,29,30)/t17-,18-/m0/s1. The molecule has 0 radical (unpaired) electrons. The Balaban J connectivity index is 1.88. The van der Waals surface area contributed by atoms with Crippen molar-refractivity contribution in [2.24, 2.45) is 5.92 Å². The number of nitrogens with zero attached hydrogens (tertiary/aromatic N) is 1. The van der Waals surface area contributed by atoms with Crippen LogP contribution in [0.4, 0.5) is 22.0 Å². The topological polar surface area (TPSA) is 108 Å². The van der Waals surface area contributed by atoms with Crippen molar-refractivity contribution in [3.8, 4) is 6.07 Å². The fourth-order valence-corrected chi connectivity index (χ4v) is 5.75. The Hall–Kier alpha value is -2.30. The van der Waals surface area contributed by atoms with Gasteiger partial charge in [0.15, 0.2) is 9.84 Å². The number of carbonyl (C=O) groups excluding carboxylic acids is 1. The van der Waals surface area contributed by atoms with Crippen molar-refractivity contribution < 1.29 is 39.9 Å². The third-order valence-corrected chi connectivity index (χ3v) is 7.68. The van der Waals surface area contributed by atoms with Crippen molar-refractivity contribution >= 4 is 15.7 Å². The molecule has 188 valence electrons. The highest BCUT2D eigenvalue weighted by atomic mass is 32.2. The largest absolute Gasteiger partial charge is 0.408 e. The number of alkyl halides is 3. The molecule has 1 saturated carbocycles. The van der Waals surface area contributed by atoms with E-state index in [1.165, 1.54) is 0 Å². The minimum Gasteiger partial charge on any atom is -0.381 e. The number of halogens is 5. The molecule has 1 heterocycles. The van der Waals surface area contributed by atoms with Crippen LogP contribution in [-0.2, 0) is 19.4 Å². The highest BCUT2D eigenvalue weighted by Gasteiger charge is 2.48. The Morgan fingerprint density at radius 2 is 1.88 bits per heavy atom. The molecule has 2 N–H and O–H groups in total. The van der Waals surface area contributed by atoms with Gasteiger partial charge in [0.1, 0.15) is 29.3 Å². The molecule has 34 heavy (non-hydrogen) atoms. The van der Waals surface area contributed by atoms with Crippen molar-refractivity contribution in [2.75, 3.05) is 24.7 Å². The van der Waals surface area contributed by atoms with Gasteiger partial charge in [-0.25, -0.2) is 17.2 Å². The Bertz CT molecular complexity index is 1050. The number of nitriles is 1. The number of hydrogen-bond acceptors (Lipinski definition) is 6. The Morgan fingerprint density at radius 1 is 1.24 bits per heavy atom. The third kappa shape index (κ3) is 6.86. The summed E-state index contributed by atoms with van der Waals surface area (Å²) in [5, 5.41) is 13.4. The van der Waals surface area contributed by atoms with Crippen molar-refractivity contribution in [3.63, 3.8) is 0 Å². The van der Waals surface area contributed by atoms with Gasteiger partial charge >= 0.3 is 6.18 Å². The molecule has 13 heteroatoms. The van der Waals surface area contributed by atoms with Crippen LogP contribution >= 0.6 is 0 Å². The van der Waals surface area contributed by atoms with Gasteiger partial charge in [0.25, 0.3) is 0 Å². The Labute approximate surface area is 193 Å². The number of rotatable bonds is 9. The Kier molecular flexibility index (Phi) is 7.84. The first-order valence-corrected chi connectivity index (χ1v) is 12.5. The molecule has 1 aromatic rings. The van der Waals surface area contributed by atoms with Crippen LogP contribution in [0.2, 0.25) is 0 Å². The molecule has 1 aliphatic heterocycles. The molecule has 0 unspecified atom stereocenters. The van der Waals surface area contributed by atoms with Crippen LogP contribution in [0.15, 0.2) is 18.2 Å². The summed E-state index contributed by atoms with van der Waals surface area (Å²) in [6.07, 6.45) is -3.70. The van der Waals surface area contributed by atoms with Gasteiger partial charge in [-0.15, -0.1) is 0 Å². The zero-order valence-corrected chi connectivity index (χ0v) is 18.8. The lowest BCUT2D eigenvalue weighted by Crippen LogP contribution is -2.54. The first-order chi connectivity index (χ1) is 15.8. The maximum atomic E-state index is 14.2. The van der Waals surface area contributed by atoms with Gasteiger partial charge in [-0.2, -0.15) is 18.4 Å². The zero-order valence-electron chi connectivity index (χ0n) is 18.0. The lowest BCUT2D eigenvalue weighted by Gasteiger charge is -2.29. The van der Waals surface area contributed by atoms with Crippen LogP contribution in [0.3, 0.4) is 0 Å². The van der Waals surface area contributed by atoms with E-state index in [-0.39, 0.29) is 30.6 Å². The van der Waals surface area contributed by atoms with E-state index in [0.717, 1.165) is 0 Å². The summed E-state index contributed by atoms with van der Waals surface area (Å²) in [6.45, 7) is 0.708. The van der Waals surface area contributed by atoms with Gasteiger partial charge in [0, 0.05) is 24.8 Å². The summed E-state index contributed by atoms with van der Waals surface area (Å²) >= 11 is 0. The first-order valence-electron chi connectivity index (χ1n) is 10.6. The predicted octanol–water partition coefficient (Wildman–Crippen LogP) is 2.54. The van der Waals surface area contributed by atoms with E-state index >= 15 is 0 Å². The monoisotopic (exact) mass is 509 g/mol. The molecular formula is C21H24F5N3O4S. The molecular weight excluding hydrogens is 485 g/mol. The highest BCUT2D eigenvalue weighted by molar-refractivity contribution is 7.91. The van der Waals surface area contributed by atoms with Crippen molar-refractivity contribution in [2.45, 2.75) is 49.5 Å². The van der Waals surface area contributed by atoms with Crippen LogP contribution in [0.25, 0.3) is 0 Å². The van der Waals surface area contributed by atoms with Crippen LogP contribution in [-0.4, -0.2) is 56.8 Å². The van der Waals surface area contributed by atoms with Gasteiger partial charge in [0.2, 0.25) is 5.91 Å². The molecule has 3 rings (SSSR count). The normalized spacial score (nSPS) is 20.2. The fraction of sp³-hybridized carbons (Fsp3) is 0.619. The maximum Gasteiger partial charge on any atom is 0.408 e. The molecule has 1 aromatic carbocycles. The maximum absolute atomic E-state index is 14.2. The summed E-state index contributed by atoms with van der Waals surface area (Å²) in [7, 11) is -4.04. The van der Waals surface area contributed by atoms with E-state index < -0.39 is 62.5 Å². The van der Waals surface area contributed by atoms with E-state index in [1.54, 1.807) is 0 Å². The second kappa shape index (κ2) is 10.1. The summed E-state index contributed by atoms with van der Waals surface area (Å²) in [6, 6.07) is -1.40. The van der Waals surface area contributed by atoms with Crippen LogP contribution < -0.4 is 10.6 Å². The molecule has 7 nitrogen and oxygen atoms in total. The summed E-state index contributed by atoms with van der Waals surface area (Å²) in [5.41, 5.74) is -2.26. The molecule has 0 aromatic heterocycles. The SMILES string of the molecule is N#CC1(NC(=O)[C@H](CS(=O)(=O)CC2CCOCC2)N[C@@H](c2ccc(F)cc2F)C(F)(F)F)CC1. The van der Waals surface area contributed by atoms with E-state index in [0.29, 0.717) is 38.2 Å².